The Labute approximate surface area is 123 Å². The highest BCUT2D eigenvalue weighted by atomic mass is 79.9. The van der Waals surface area contributed by atoms with Gasteiger partial charge in [-0.05, 0) is 28.1 Å². The van der Waals surface area contributed by atoms with Gasteiger partial charge in [0, 0.05) is 26.1 Å². The van der Waals surface area contributed by atoms with E-state index >= 15 is 0 Å². The summed E-state index contributed by atoms with van der Waals surface area (Å²) in [5, 5.41) is 11.9. The second-order valence-corrected chi connectivity index (χ2v) is 5.35. The first-order valence-corrected chi connectivity index (χ1v) is 6.83. The molecule has 1 aliphatic rings. The Hall–Kier alpha value is -1.47. The number of hydrogen-bond acceptors (Lipinski definition) is 3. The van der Waals surface area contributed by atoms with Gasteiger partial charge >= 0.3 is 5.97 Å². The molecule has 1 fully saturated rings. The third-order valence-corrected chi connectivity index (χ3v) is 4.11. The molecule has 5 nitrogen and oxygen atoms in total. The normalized spacial score (nSPS) is 17.5. The molecule has 1 aromatic carbocycles. The SMILES string of the molecule is O=C(NC1(C(=O)O)CCOCC1)c1cccc(F)c1Br. The number of amides is 1. The highest BCUT2D eigenvalue weighted by Gasteiger charge is 2.42. The molecule has 0 unspecified atom stereocenters. The van der Waals surface area contributed by atoms with Crippen molar-refractivity contribution in [2.45, 2.75) is 18.4 Å². The summed E-state index contributed by atoms with van der Waals surface area (Å²) in [6, 6.07) is 4.03. The number of halogens is 2. The monoisotopic (exact) mass is 345 g/mol. The molecule has 0 aliphatic carbocycles. The fraction of sp³-hybridized carbons (Fsp3) is 0.385. The van der Waals surface area contributed by atoms with E-state index < -0.39 is 23.2 Å². The van der Waals surface area contributed by atoms with Gasteiger partial charge in [0.2, 0.25) is 0 Å². The van der Waals surface area contributed by atoms with Crippen LogP contribution in [0.25, 0.3) is 0 Å². The number of rotatable bonds is 3. The lowest BCUT2D eigenvalue weighted by atomic mass is 9.89. The predicted molar refractivity (Wildman–Crippen MR) is 72.0 cm³/mol. The van der Waals surface area contributed by atoms with Gasteiger partial charge in [0.1, 0.15) is 11.4 Å². The zero-order valence-corrected chi connectivity index (χ0v) is 12.1. The largest absolute Gasteiger partial charge is 0.480 e. The van der Waals surface area contributed by atoms with E-state index in [-0.39, 0.29) is 36.1 Å². The number of benzene rings is 1. The summed E-state index contributed by atoms with van der Waals surface area (Å²) < 4.78 is 18.5. The molecule has 0 radical (unpaired) electrons. The lowest BCUT2D eigenvalue weighted by Gasteiger charge is -2.33. The van der Waals surface area contributed by atoms with Crippen LogP contribution in [0.1, 0.15) is 23.2 Å². The first-order valence-electron chi connectivity index (χ1n) is 6.04. The van der Waals surface area contributed by atoms with Crippen LogP contribution in [0.5, 0.6) is 0 Å². The summed E-state index contributed by atoms with van der Waals surface area (Å²) in [5.74, 6) is -2.31. The minimum Gasteiger partial charge on any atom is -0.480 e. The Bertz CT molecular complexity index is 543. The number of hydrogen-bond donors (Lipinski definition) is 2. The number of aliphatic carboxylic acids is 1. The quantitative estimate of drug-likeness (QED) is 0.877. The second-order valence-electron chi connectivity index (χ2n) is 4.56. The Morgan fingerprint density at radius 2 is 2.00 bits per heavy atom. The van der Waals surface area contributed by atoms with E-state index in [2.05, 4.69) is 21.2 Å². The lowest BCUT2D eigenvalue weighted by Crippen LogP contribution is -2.57. The van der Waals surface area contributed by atoms with Gasteiger partial charge < -0.3 is 15.2 Å². The van der Waals surface area contributed by atoms with Crippen molar-refractivity contribution in [3.63, 3.8) is 0 Å². The number of carbonyl (C=O) groups excluding carboxylic acids is 1. The highest BCUT2D eigenvalue weighted by Crippen LogP contribution is 2.24. The van der Waals surface area contributed by atoms with Gasteiger partial charge in [0.25, 0.3) is 5.91 Å². The molecule has 2 N–H and O–H groups in total. The third kappa shape index (κ3) is 2.83. The molecular formula is C13H13BrFNO4. The van der Waals surface area contributed by atoms with Crippen LogP contribution in [0.3, 0.4) is 0 Å². The van der Waals surface area contributed by atoms with Crippen molar-refractivity contribution in [2.24, 2.45) is 0 Å². The third-order valence-electron chi connectivity index (χ3n) is 3.30. The van der Waals surface area contributed by atoms with Crippen molar-refractivity contribution in [3.05, 3.63) is 34.1 Å². The Morgan fingerprint density at radius 1 is 1.35 bits per heavy atom. The van der Waals surface area contributed by atoms with Gasteiger partial charge in [-0.2, -0.15) is 0 Å². The van der Waals surface area contributed by atoms with Crippen LogP contribution < -0.4 is 5.32 Å². The zero-order valence-electron chi connectivity index (χ0n) is 10.5. The number of ether oxygens (including phenoxy) is 1. The molecule has 0 saturated carbocycles. The molecule has 1 aromatic rings. The molecule has 1 amide bonds. The van der Waals surface area contributed by atoms with E-state index in [0.29, 0.717) is 0 Å². The molecular weight excluding hydrogens is 333 g/mol. The summed E-state index contributed by atoms with van der Waals surface area (Å²) in [7, 11) is 0. The van der Waals surface area contributed by atoms with Crippen LogP contribution in [0.15, 0.2) is 22.7 Å². The first kappa shape index (κ1) is 14.9. The van der Waals surface area contributed by atoms with E-state index in [0.717, 1.165) is 0 Å². The molecule has 20 heavy (non-hydrogen) atoms. The van der Waals surface area contributed by atoms with Gasteiger partial charge in [-0.15, -0.1) is 0 Å². The molecule has 0 spiro atoms. The molecule has 7 heteroatoms. The molecule has 108 valence electrons. The molecule has 0 atom stereocenters. The average molecular weight is 346 g/mol. The topological polar surface area (TPSA) is 75.6 Å². The standard InChI is InChI=1S/C13H13BrFNO4/c14-10-8(2-1-3-9(10)15)11(17)16-13(12(18)19)4-6-20-7-5-13/h1-3H,4-7H2,(H,16,17)(H,18,19). The van der Waals surface area contributed by atoms with Crippen molar-refractivity contribution in [1.29, 1.82) is 0 Å². The number of carboxylic acid groups (broad SMARTS) is 1. The van der Waals surface area contributed by atoms with Crippen LogP contribution in [0.4, 0.5) is 4.39 Å². The number of nitrogens with one attached hydrogen (secondary N) is 1. The maximum Gasteiger partial charge on any atom is 0.329 e. The van der Waals surface area contributed by atoms with Gasteiger partial charge in [0.15, 0.2) is 0 Å². The first-order chi connectivity index (χ1) is 9.46. The molecule has 1 saturated heterocycles. The summed E-state index contributed by atoms with van der Waals surface area (Å²) in [6.45, 7) is 0.522. The lowest BCUT2D eigenvalue weighted by molar-refractivity contribution is -0.148. The van der Waals surface area contributed by atoms with E-state index in [9.17, 15) is 19.1 Å². The van der Waals surface area contributed by atoms with Gasteiger partial charge in [-0.3, -0.25) is 4.79 Å². The minimum atomic E-state index is -1.36. The van der Waals surface area contributed by atoms with Crippen molar-refractivity contribution in [2.75, 3.05) is 13.2 Å². The Morgan fingerprint density at radius 3 is 2.60 bits per heavy atom. The van der Waals surface area contributed by atoms with Crippen molar-refractivity contribution in [3.8, 4) is 0 Å². The Balaban J connectivity index is 2.25. The van der Waals surface area contributed by atoms with E-state index in [4.69, 9.17) is 4.74 Å². The predicted octanol–water partition coefficient (Wildman–Crippen LogP) is 1.95. The van der Waals surface area contributed by atoms with Crippen LogP contribution in [0.2, 0.25) is 0 Å². The maximum absolute atomic E-state index is 13.4. The van der Waals surface area contributed by atoms with Crippen molar-refractivity contribution >= 4 is 27.8 Å². The van der Waals surface area contributed by atoms with Crippen LogP contribution in [-0.4, -0.2) is 35.7 Å². The summed E-state index contributed by atoms with van der Waals surface area (Å²) in [5.41, 5.74) is -1.29. The summed E-state index contributed by atoms with van der Waals surface area (Å²) in [6.07, 6.45) is 0.363. The van der Waals surface area contributed by atoms with Gasteiger partial charge in [-0.25, -0.2) is 9.18 Å². The Kier molecular flexibility index (Phi) is 4.39. The smallest absolute Gasteiger partial charge is 0.329 e. The molecule has 0 aromatic heterocycles. The van der Waals surface area contributed by atoms with E-state index in [1.54, 1.807) is 0 Å². The number of carboxylic acids is 1. The van der Waals surface area contributed by atoms with Crippen LogP contribution in [0, 0.1) is 5.82 Å². The van der Waals surface area contributed by atoms with Crippen molar-refractivity contribution in [1.82, 2.24) is 5.32 Å². The van der Waals surface area contributed by atoms with Crippen molar-refractivity contribution < 1.29 is 23.8 Å². The fourth-order valence-corrected chi connectivity index (χ4v) is 2.52. The molecule has 1 heterocycles. The zero-order chi connectivity index (χ0) is 14.8. The molecule has 0 bridgehead atoms. The molecule has 1 aliphatic heterocycles. The van der Waals surface area contributed by atoms with Crippen LogP contribution >= 0.6 is 15.9 Å². The maximum atomic E-state index is 13.4. The number of carbonyl (C=O) groups is 2. The minimum absolute atomic E-state index is 0.0186. The average Bonchev–Trinajstić information content (AvgIpc) is 2.42. The molecule has 2 rings (SSSR count). The fourth-order valence-electron chi connectivity index (χ4n) is 2.08. The van der Waals surface area contributed by atoms with E-state index in [1.807, 2.05) is 0 Å². The van der Waals surface area contributed by atoms with Crippen LogP contribution in [-0.2, 0) is 9.53 Å². The second kappa shape index (κ2) is 5.88. The summed E-state index contributed by atoms with van der Waals surface area (Å²) in [4.78, 5) is 23.6. The van der Waals surface area contributed by atoms with E-state index in [1.165, 1.54) is 18.2 Å². The van der Waals surface area contributed by atoms with Gasteiger partial charge in [0.05, 0.1) is 10.0 Å². The van der Waals surface area contributed by atoms with Gasteiger partial charge in [-0.1, -0.05) is 6.07 Å². The highest BCUT2D eigenvalue weighted by molar-refractivity contribution is 9.10. The summed E-state index contributed by atoms with van der Waals surface area (Å²) >= 11 is 2.99.